The number of nitro benzene ring substituents is 1. The van der Waals surface area contributed by atoms with Gasteiger partial charge in [0.15, 0.2) is 0 Å². The topological polar surface area (TPSA) is 75.5 Å². The molecule has 19 heavy (non-hydrogen) atoms. The van der Waals surface area contributed by atoms with Crippen LogP contribution in [0, 0.1) is 10.1 Å². The number of nitro groups is 1. The van der Waals surface area contributed by atoms with E-state index in [2.05, 4.69) is 5.32 Å². The molecular formula is C12H14ClN3O3. The first-order valence-corrected chi connectivity index (χ1v) is 6.40. The van der Waals surface area contributed by atoms with Crippen molar-refractivity contribution in [2.24, 2.45) is 0 Å². The maximum Gasteiger partial charge on any atom is 0.292 e. The number of nitrogens with zero attached hydrogens (tertiary/aromatic N) is 2. The van der Waals surface area contributed by atoms with Crippen molar-refractivity contribution in [2.75, 3.05) is 25.0 Å². The SMILES string of the molecule is O=C(CN1CCCC1)Nc1cc(Cl)ccc1[N+](=O)[O-]. The van der Waals surface area contributed by atoms with E-state index in [-0.39, 0.29) is 23.8 Å². The minimum atomic E-state index is -0.540. The fourth-order valence-corrected chi connectivity index (χ4v) is 2.27. The van der Waals surface area contributed by atoms with Gasteiger partial charge in [0.1, 0.15) is 5.69 Å². The second kappa shape index (κ2) is 5.99. The standard InChI is InChI=1S/C12H14ClN3O3/c13-9-3-4-11(16(18)19)10(7-9)14-12(17)8-15-5-1-2-6-15/h3-4,7H,1-2,5-6,8H2,(H,14,17). The Labute approximate surface area is 115 Å². The normalized spacial score (nSPS) is 15.4. The lowest BCUT2D eigenvalue weighted by Crippen LogP contribution is -2.31. The minimum absolute atomic E-state index is 0.140. The van der Waals surface area contributed by atoms with Gasteiger partial charge >= 0.3 is 0 Å². The third-order valence-electron chi connectivity index (χ3n) is 3.00. The summed E-state index contributed by atoms with van der Waals surface area (Å²) in [4.78, 5) is 24.2. The number of rotatable bonds is 4. The Bertz CT molecular complexity index is 501. The van der Waals surface area contributed by atoms with Crippen LogP contribution in [0.15, 0.2) is 18.2 Å². The Kier molecular flexibility index (Phi) is 4.34. The molecule has 1 saturated heterocycles. The largest absolute Gasteiger partial charge is 0.319 e. The summed E-state index contributed by atoms with van der Waals surface area (Å²) in [5, 5.41) is 13.8. The van der Waals surface area contributed by atoms with Gasteiger partial charge in [-0.25, -0.2) is 0 Å². The first kappa shape index (κ1) is 13.8. The van der Waals surface area contributed by atoms with Gasteiger partial charge in [-0.3, -0.25) is 19.8 Å². The number of halogens is 1. The molecule has 0 aliphatic carbocycles. The van der Waals surface area contributed by atoms with Crippen molar-refractivity contribution in [1.82, 2.24) is 4.90 Å². The molecule has 1 heterocycles. The van der Waals surface area contributed by atoms with E-state index >= 15 is 0 Å². The number of hydrogen-bond acceptors (Lipinski definition) is 4. The van der Waals surface area contributed by atoms with Crippen molar-refractivity contribution in [1.29, 1.82) is 0 Å². The molecule has 1 amide bonds. The maximum atomic E-state index is 11.8. The van der Waals surface area contributed by atoms with Crippen molar-refractivity contribution in [3.8, 4) is 0 Å². The van der Waals surface area contributed by atoms with Gasteiger partial charge in [0, 0.05) is 11.1 Å². The van der Waals surface area contributed by atoms with Gasteiger partial charge in [-0.1, -0.05) is 11.6 Å². The average molecular weight is 284 g/mol. The van der Waals surface area contributed by atoms with Crippen LogP contribution in [0.2, 0.25) is 5.02 Å². The molecule has 1 aromatic rings. The monoisotopic (exact) mass is 283 g/mol. The van der Waals surface area contributed by atoms with Crippen LogP contribution in [-0.2, 0) is 4.79 Å². The van der Waals surface area contributed by atoms with Crippen molar-refractivity contribution in [3.05, 3.63) is 33.3 Å². The Morgan fingerprint density at radius 3 is 2.74 bits per heavy atom. The first-order valence-electron chi connectivity index (χ1n) is 6.02. The van der Waals surface area contributed by atoms with Gasteiger partial charge in [0.25, 0.3) is 5.69 Å². The Morgan fingerprint density at radius 1 is 1.42 bits per heavy atom. The average Bonchev–Trinajstić information content (AvgIpc) is 2.81. The molecule has 1 fully saturated rings. The molecule has 7 heteroatoms. The van der Waals surface area contributed by atoms with Crippen LogP contribution >= 0.6 is 11.6 Å². The zero-order chi connectivity index (χ0) is 13.8. The molecule has 1 N–H and O–H groups in total. The second-order valence-corrected chi connectivity index (χ2v) is 4.89. The van der Waals surface area contributed by atoms with Gasteiger partial charge in [-0.2, -0.15) is 0 Å². The quantitative estimate of drug-likeness (QED) is 0.679. The van der Waals surface area contributed by atoms with Gasteiger partial charge in [0.2, 0.25) is 5.91 Å². The Hall–Kier alpha value is -1.66. The highest BCUT2D eigenvalue weighted by atomic mass is 35.5. The molecule has 102 valence electrons. The number of likely N-dealkylation sites (tertiary alicyclic amines) is 1. The summed E-state index contributed by atoms with van der Waals surface area (Å²) in [6, 6.07) is 4.10. The molecule has 1 aliphatic heterocycles. The van der Waals surface area contributed by atoms with Crippen LogP contribution in [0.3, 0.4) is 0 Å². The maximum absolute atomic E-state index is 11.8. The van der Waals surface area contributed by atoms with E-state index in [4.69, 9.17) is 11.6 Å². The summed E-state index contributed by atoms with van der Waals surface area (Å²) >= 11 is 5.79. The molecule has 0 saturated carbocycles. The predicted octanol–water partition coefficient (Wildman–Crippen LogP) is 2.28. The van der Waals surface area contributed by atoms with Crippen LogP contribution in [0.5, 0.6) is 0 Å². The lowest BCUT2D eigenvalue weighted by molar-refractivity contribution is -0.383. The summed E-state index contributed by atoms with van der Waals surface area (Å²) in [6.45, 7) is 2.04. The Morgan fingerprint density at radius 2 is 2.11 bits per heavy atom. The minimum Gasteiger partial charge on any atom is -0.319 e. The first-order chi connectivity index (χ1) is 9.06. The molecule has 1 aliphatic rings. The van der Waals surface area contributed by atoms with Gasteiger partial charge < -0.3 is 5.32 Å². The van der Waals surface area contributed by atoms with Gasteiger partial charge in [0.05, 0.1) is 11.5 Å². The van der Waals surface area contributed by atoms with E-state index in [0.29, 0.717) is 5.02 Å². The van der Waals surface area contributed by atoms with E-state index in [1.54, 1.807) is 0 Å². The summed E-state index contributed by atoms with van der Waals surface area (Å²) in [6.07, 6.45) is 2.18. The molecular weight excluding hydrogens is 270 g/mol. The van der Waals surface area contributed by atoms with Crippen LogP contribution in [-0.4, -0.2) is 35.4 Å². The van der Waals surface area contributed by atoms with E-state index < -0.39 is 4.92 Å². The van der Waals surface area contributed by atoms with E-state index in [0.717, 1.165) is 25.9 Å². The summed E-state index contributed by atoms with van der Waals surface area (Å²) < 4.78 is 0. The molecule has 0 unspecified atom stereocenters. The molecule has 0 aromatic heterocycles. The second-order valence-electron chi connectivity index (χ2n) is 4.45. The van der Waals surface area contributed by atoms with E-state index in [9.17, 15) is 14.9 Å². The number of amides is 1. The van der Waals surface area contributed by atoms with Crippen molar-refractivity contribution in [3.63, 3.8) is 0 Å². The summed E-state index contributed by atoms with van der Waals surface area (Å²) in [7, 11) is 0. The molecule has 2 rings (SSSR count). The highest BCUT2D eigenvalue weighted by molar-refractivity contribution is 6.31. The fourth-order valence-electron chi connectivity index (χ4n) is 2.10. The number of benzene rings is 1. The summed E-state index contributed by atoms with van der Waals surface area (Å²) in [5.74, 6) is -0.257. The van der Waals surface area contributed by atoms with E-state index in [1.807, 2.05) is 4.90 Å². The lowest BCUT2D eigenvalue weighted by Gasteiger charge is -2.14. The third-order valence-corrected chi connectivity index (χ3v) is 3.23. The molecule has 6 nitrogen and oxygen atoms in total. The van der Waals surface area contributed by atoms with Crippen molar-refractivity contribution in [2.45, 2.75) is 12.8 Å². The van der Waals surface area contributed by atoms with Gasteiger partial charge in [-0.05, 0) is 38.1 Å². The van der Waals surface area contributed by atoms with Crippen LogP contribution < -0.4 is 5.32 Å². The predicted molar refractivity (Wildman–Crippen MR) is 72.4 cm³/mol. The molecule has 0 radical (unpaired) electrons. The third kappa shape index (κ3) is 3.65. The fraction of sp³-hybridized carbons (Fsp3) is 0.417. The zero-order valence-corrected chi connectivity index (χ0v) is 11.0. The molecule has 0 bridgehead atoms. The molecule has 0 spiro atoms. The number of nitrogens with one attached hydrogen (secondary N) is 1. The van der Waals surface area contributed by atoms with E-state index in [1.165, 1.54) is 18.2 Å². The van der Waals surface area contributed by atoms with Crippen LogP contribution in [0.1, 0.15) is 12.8 Å². The van der Waals surface area contributed by atoms with Gasteiger partial charge in [-0.15, -0.1) is 0 Å². The zero-order valence-electron chi connectivity index (χ0n) is 10.3. The van der Waals surface area contributed by atoms with Crippen LogP contribution in [0.25, 0.3) is 0 Å². The van der Waals surface area contributed by atoms with Crippen molar-refractivity contribution < 1.29 is 9.72 Å². The molecule has 0 atom stereocenters. The number of carbonyl (C=O) groups is 1. The Balaban J connectivity index is 2.06. The number of carbonyl (C=O) groups excluding carboxylic acids is 1. The van der Waals surface area contributed by atoms with Crippen molar-refractivity contribution >= 4 is 28.9 Å². The molecule has 1 aromatic carbocycles. The van der Waals surface area contributed by atoms with Crippen LogP contribution in [0.4, 0.5) is 11.4 Å². The highest BCUT2D eigenvalue weighted by Crippen LogP contribution is 2.27. The summed E-state index contributed by atoms with van der Waals surface area (Å²) in [5.41, 5.74) is -0.0131. The lowest BCUT2D eigenvalue weighted by atomic mass is 10.2. The number of anilines is 1. The smallest absolute Gasteiger partial charge is 0.292 e. The number of hydrogen-bond donors (Lipinski definition) is 1. The highest BCUT2D eigenvalue weighted by Gasteiger charge is 2.19.